The van der Waals surface area contributed by atoms with Gasteiger partial charge in [-0.3, -0.25) is 14.5 Å². The van der Waals surface area contributed by atoms with E-state index in [0.29, 0.717) is 22.8 Å². The first-order chi connectivity index (χ1) is 14.6. The van der Waals surface area contributed by atoms with Gasteiger partial charge in [0.2, 0.25) is 5.91 Å². The number of carbonyl (C=O) groups is 2. The van der Waals surface area contributed by atoms with Crippen molar-refractivity contribution in [3.8, 4) is 5.75 Å². The third-order valence-electron chi connectivity index (χ3n) is 4.95. The lowest BCUT2D eigenvalue weighted by atomic mass is 10.1. The zero-order valence-electron chi connectivity index (χ0n) is 16.8. The predicted octanol–water partition coefficient (Wildman–Crippen LogP) is 5.03. The summed E-state index contributed by atoms with van der Waals surface area (Å²) in [5.41, 5.74) is 4.15. The lowest BCUT2D eigenvalue weighted by molar-refractivity contribution is -0.115. The average molecular weight is 419 g/mol. The van der Waals surface area contributed by atoms with Crippen LogP contribution in [-0.2, 0) is 4.79 Å². The van der Waals surface area contributed by atoms with Crippen molar-refractivity contribution in [1.82, 2.24) is 0 Å². The number of carbonyl (C=O) groups excluding carboxylic acids is 2. The van der Waals surface area contributed by atoms with Gasteiger partial charge in [0.25, 0.3) is 5.91 Å². The van der Waals surface area contributed by atoms with Crippen LogP contribution in [0.25, 0.3) is 0 Å². The fourth-order valence-electron chi connectivity index (χ4n) is 3.44. The van der Waals surface area contributed by atoms with Gasteiger partial charge in [-0.25, -0.2) is 0 Å². The number of amides is 2. The minimum absolute atomic E-state index is 0.0513. The highest BCUT2D eigenvalue weighted by molar-refractivity contribution is 8.00. The number of nitrogens with one attached hydrogen (secondary N) is 1. The average Bonchev–Trinajstić information content (AvgIpc) is 3.16. The Kier molecular flexibility index (Phi) is 5.77. The second-order valence-electron chi connectivity index (χ2n) is 7.04. The van der Waals surface area contributed by atoms with Crippen LogP contribution in [0.3, 0.4) is 0 Å². The molecule has 6 heteroatoms. The van der Waals surface area contributed by atoms with E-state index in [1.54, 1.807) is 35.9 Å². The van der Waals surface area contributed by atoms with Crippen LogP contribution >= 0.6 is 11.8 Å². The van der Waals surface area contributed by atoms with E-state index < -0.39 is 0 Å². The molecule has 0 aromatic heterocycles. The van der Waals surface area contributed by atoms with Crippen LogP contribution < -0.4 is 15.0 Å². The summed E-state index contributed by atoms with van der Waals surface area (Å²) in [5, 5.41) is 2.76. The molecule has 0 aliphatic carbocycles. The van der Waals surface area contributed by atoms with E-state index in [1.165, 1.54) is 0 Å². The molecule has 0 bridgehead atoms. The number of methoxy groups -OCH3 is 1. The predicted molar refractivity (Wildman–Crippen MR) is 121 cm³/mol. The number of anilines is 2. The van der Waals surface area contributed by atoms with E-state index >= 15 is 0 Å². The zero-order valence-corrected chi connectivity index (χ0v) is 17.6. The molecule has 1 aliphatic heterocycles. The Labute approximate surface area is 180 Å². The number of nitrogens with zero attached hydrogens (tertiary/aromatic N) is 1. The Morgan fingerprint density at radius 1 is 1.07 bits per heavy atom. The summed E-state index contributed by atoms with van der Waals surface area (Å²) in [6, 6.07) is 22.6. The summed E-state index contributed by atoms with van der Waals surface area (Å²) >= 11 is 1.58. The Hall–Kier alpha value is -3.25. The van der Waals surface area contributed by atoms with Crippen molar-refractivity contribution in [3.05, 3.63) is 89.5 Å². The van der Waals surface area contributed by atoms with E-state index in [-0.39, 0.29) is 17.2 Å². The standard InChI is InChI=1S/C24H22N2O3S/c1-16-8-13-21(29-2)20(14-16)26-22(27)15-30-24(26)18-9-11-19(12-10-18)25-23(28)17-6-4-3-5-7-17/h3-14,24H,15H2,1-2H3,(H,25,28). The highest BCUT2D eigenvalue weighted by Gasteiger charge is 2.35. The molecule has 0 spiro atoms. The number of hydrogen-bond acceptors (Lipinski definition) is 4. The summed E-state index contributed by atoms with van der Waals surface area (Å²) in [4.78, 5) is 26.9. The molecule has 1 heterocycles. The van der Waals surface area contributed by atoms with E-state index in [2.05, 4.69) is 5.32 Å². The summed E-state index contributed by atoms with van der Waals surface area (Å²) in [7, 11) is 1.61. The van der Waals surface area contributed by atoms with Crippen molar-refractivity contribution < 1.29 is 14.3 Å². The molecule has 30 heavy (non-hydrogen) atoms. The molecule has 3 aromatic rings. The molecule has 1 saturated heterocycles. The number of hydrogen-bond donors (Lipinski definition) is 1. The third kappa shape index (κ3) is 4.04. The maximum atomic E-state index is 12.7. The first kappa shape index (κ1) is 20.0. The normalized spacial score (nSPS) is 15.9. The minimum atomic E-state index is -0.153. The molecule has 1 N–H and O–H groups in total. The first-order valence-corrected chi connectivity index (χ1v) is 10.7. The van der Waals surface area contributed by atoms with Crippen LogP contribution in [0.4, 0.5) is 11.4 Å². The van der Waals surface area contributed by atoms with Gasteiger partial charge < -0.3 is 10.1 Å². The lowest BCUT2D eigenvalue weighted by Gasteiger charge is -2.26. The van der Waals surface area contributed by atoms with Gasteiger partial charge in [-0.2, -0.15) is 0 Å². The molecule has 3 aromatic carbocycles. The molecule has 0 radical (unpaired) electrons. The number of aryl methyl sites for hydroxylation is 1. The quantitative estimate of drug-likeness (QED) is 0.631. The van der Waals surface area contributed by atoms with Crippen molar-refractivity contribution in [2.24, 2.45) is 0 Å². The second kappa shape index (κ2) is 8.63. The van der Waals surface area contributed by atoms with Gasteiger partial charge in [-0.15, -0.1) is 11.8 Å². The zero-order chi connectivity index (χ0) is 21.1. The summed E-state index contributed by atoms with van der Waals surface area (Å²) in [6.07, 6.45) is 0. The molecular formula is C24H22N2O3S. The van der Waals surface area contributed by atoms with E-state index in [1.807, 2.05) is 67.6 Å². The van der Waals surface area contributed by atoms with Crippen molar-refractivity contribution in [2.45, 2.75) is 12.3 Å². The van der Waals surface area contributed by atoms with Gasteiger partial charge in [-0.1, -0.05) is 36.4 Å². The smallest absolute Gasteiger partial charge is 0.255 e. The van der Waals surface area contributed by atoms with Gasteiger partial charge in [-0.05, 0) is 54.4 Å². The Morgan fingerprint density at radius 2 is 1.80 bits per heavy atom. The van der Waals surface area contributed by atoms with Crippen LogP contribution in [0.2, 0.25) is 0 Å². The molecule has 0 saturated carbocycles. The first-order valence-electron chi connectivity index (χ1n) is 9.61. The SMILES string of the molecule is COc1ccc(C)cc1N1C(=O)CSC1c1ccc(NC(=O)c2ccccc2)cc1. The van der Waals surface area contributed by atoms with Gasteiger partial charge in [0.1, 0.15) is 11.1 Å². The number of ether oxygens (including phenoxy) is 1. The fourth-order valence-corrected chi connectivity index (χ4v) is 4.61. The Bertz CT molecular complexity index is 1070. The Morgan fingerprint density at radius 3 is 2.50 bits per heavy atom. The topological polar surface area (TPSA) is 58.6 Å². The monoisotopic (exact) mass is 418 g/mol. The molecule has 152 valence electrons. The summed E-state index contributed by atoms with van der Waals surface area (Å²) < 4.78 is 5.50. The lowest BCUT2D eigenvalue weighted by Crippen LogP contribution is -2.28. The van der Waals surface area contributed by atoms with Gasteiger partial charge in [0, 0.05) is 11.3 Å². The number of benzene rings is 3. The summed E-state index contributed by atoms with van der Waals surface area (Å²) in [6.45, 7) is 2.00. The van der Waals surface area contributed by atoms with Crippen molar-refractivity contribution in [3.63, 3.8) is 0 Å². The highest BCUT2D eigenvalue weighted by atomic mass is 32.2. The second-order valence-corrected chi connectivity index (χ2v) is 8.11. The van der Waals surface area contributed by atoms with Crippen molar-refractivity contribution >= 4 is 35.0 Å². The Balaban J connectivity index is 1.57. The number of rotatable bonds is 5. The summed E-state index contributed by atoms with van der Waals surface area (Å²) in [5.74, 6) is 0.984. The van der Waals surface area contributed by atoms with Crippen molar-refractivity contribution in [2.75, 3.05) is 23.1 Å². The van der Waals surface area contributed by atoms with E-state index in [9.17, 15) is 9.59 Å². The van der Waals surface area contributed by atoms with Crippen LogP contribution in [0, 0.1) is 6.92 Å². The molecule has 1 aliphatic rings. The molecule has 1 fully saturated rings. The maximum Gasteiger partial charge on any atom is 0.255 e. The van der Waals surface area contributed by atoms with Crippen LogP contribution in [-0.4, -0.2) is 24.7 Å². The van der Waals surface area contributed by atoms with Crippen molar-refractivity contribution in [1.29, 1.82) is 0 Å². The molecule has 4 rings (SSSR count). The van der Waals surface area contributed by atoms with E-state index in [0.717, 1.165) is 16.8 Å². The molecule has 2 amide bonds. The largest absolute Gasteiger partial charge is 0.495 e. The molecule has 1 unspecified atom stereocenters. The molecule has 5 nitrogen and oxygen atoms in total. The molecule has 1 atom stereocenters. The fraction of sp³-hybridized carbons (Fsp3) is 0.167. The maximum absolute atomic E-state index is 12.7. The third-order valence-corrected chi connectivity index (χ3v) is 6.16. The van der Waals surface area contributed by atoms with Gasteiger partial charge >= 0.3 is 0 Å². The van der Waals surface area contributed by atoms with Crippen LogP contribution in [0.5, 0.6) is 5.75 Å². The van der Waals surface area contributed by atoms with E-state index in [4.69, 9.17) is 4.74 Å². The highest BCUT2D eigenvalue weighted by Crippen LogP contribution is 2.45. The van der Waals surface area contributed by atoms with Gasteiger partial charge in [0.05, 0.1) is 18.6 Å². The minimum Gasteiger partial charge on any atom is -0.495 e. The van der Waals surface area contributed by atoms with Crippen LogP contribution in [0.15, 0.2) is 72.8 Å². The van der Waals surface area contributed by atoms with Crippen LogP contribution in [0.1, 0.15) is 26.9 Å². The number of thioether (sulfide) groups is 1. The van der Waals surface area contributed by atoms with Gasteiger partial charge in [0.15, 0.2) is 0 Å². The molecular weight excluding hydrogens is 396 g/mol.